The van der Waals surface area contributed by atoms with Gasteiger partial charge in [0.2, 0.25) is 0 Å². The number of ether oxygens (including phenoxy) is 1. The standard InChI is InChI=1S/C24H26N2O4S/c1-17-7-11-22(12-8-17)31(28,29)26-23-16-20(10-9-19(23)3)24(27)25-13-14-30-21-6-4-5-18(2)15-21/h4-12,15-16,26H,13-14H2,1-3H3,(H,25,27). The Balaban J connectivity index is 1.63. The van der Waals surface area contributed by atoms with Crippen LogP contribution in [0.4, 0.5) is 5.69 Å². The van der Waals surface area contributed by atoms with Crippen molar-refractivity contribution in [2.75, 3.05) is 17.9 Å². The predicted molar refractivity (Wildman–Crippen MR) is 122 cm³/mol. The first-order chi connectivity index (χ1) is 14.7. The highest BCUT2D eigenvalue weighted by atomic mass is 32.2. The minimum absolute atomic E-state index is 0.167. The maximum absolute atomic E-state index is 12.7. The quantitative estimate of drug-likeness (QED) is 0.516. The Bertz CT molecular complexity index is 1170. The van der Waals surface area contributed by atoms with Crippen LogP contribution >= 0.6 is 0 Å². The summed E-state index contributed by atoms with van der Waals surface area (Å²) in [4.78, 5) is 12.7. The summed E-state index contributed by atoms with van der Waals surface area (Å²) < 4.78 is 33.6. The van der Waals surface area contributed by atoms with Gasteiger partial charge in [-0.3, -0.25) is 9.52 Å². The number of carbonyl (C=O) groups excluding carboxylic acids is 1. The summed E-state index contributed by atoms with van der Waals surface area (Å²) in [6.45, 7) is 6.31. The number of hydrogen-bond acceptors (Lipinski definition) is 4. The van der Waals surface area contributed by atoms with Crippen LogP contribution in [0.1, 0.15) is 27.0 Å². The van der Waals surface area contributed by atoms with E-state index in [1.165, 1.54) is 6.07 Å². The van der Waals surface area contributed by atoms with Crippen LogP contribution in [0.25, 0.3) is 0 Å². The van der Waals surface area contributed by atoms with Gasteiger partial charge in [0.05, 0.1) is 17.1 Å². The summed E-state index contributed by atoms with van der Waals surface area (Å²) in [6, 6.07) is 19.2. The largest absolute Gasteiger partial charge is 0.492 e. The maximum Gasteiger partial charge on any atom is 0.261 e. The Labute approximate surface area is 183 Å². The van der Waals surface area contributed by atoms with Crippen molar-refractivity contribution in [1.82, 2.24) is 5.32 Å². The molecule has 3 aromatic carbocycles. The van der Waals surface area contributed by atoms with Crippen molar-refractivity contribution in [3.63, 3.8) is 0 Å². The molecule has 0 bridgehead atoms. The van der Waals surface area contributed by atoms with E-state index in [4.69, 9.17) is 4.74 Å². The fraction of sp³-hybridized carbons (Fsp3) is 0.208. The second-order valence-electron chi connectivity index (χ2n) is 7.37. The lowest BCUT2D eigenvalue weighted by Gasteiger charge is -2.13. The van der Waals surface area contributed by atoms with Crippen LogP contribution in [0.5, 0.6) is 5.75 Å². The third-order valence-corrected chi connectivity index (χ3v) is 6.10. The minimum atomic E-state index is -3.75. The minimum Gasteiger partial charge on any atom is -0.492 e. The number of aryl methyl sites for hydroxylation is 3. The van der Waals surface area contributed by atoms with Crippen LogP contribution in [0.3, 0.4) is 0 Å². The first-order valence-electron chi connectivity index (χ1n) is 9.92. The molecule has 6 nitrogen and oxygen atoms in total. The summed E-state index contributed by atoms with van der Waals surface area (Å²) in [5.41, 5.74) is 3.52. The molecular weight excluding hydrogens is 412 g/mol. The highest BCUT2D eigenvalue weighted by molar-refractivity contribution is 7.92. The molecule has 2 N–H and O–H groups in total. The Hall–Kier alpha value is -3.32. The number of hydrogen-bond donors (Lipinski definition) is 2. The smallest absolute Gasteiger partial charge is 0.261 e. The normalized spacial score (nSPS) is 11.1. The Kier molecular flexibility index (Phi) is 6.97. The molecule has 3 aromatic rings. The molecule has 3 rings (SSSR count). The molecule has 162 valence electrons. The molecule has 0 atom stereocenters. The zero-order valence-corrected chi connectivity index (χ0v) is 18.6. The number of anilines is 1. The highest BCUT2D eigenvalue weighted by Gasteiger charge is 2.16. The Morgan fingerprint density at radius 1 is 0.903 bits per heavy atom. The van der Waals surface area contributed by atoms with E-state index < -0.39 is 10.0 Å². The number of nitrogens with one attached hydrogen (secondary N) is 2. The van der Waals surface area contributed by atoms with Crippen molar-refractivity contribution in [3.8, 4) is 5.75 Å². The molecule has 0 spiro atoms. The molecular formula is C24H26N2O4S. The van der Waals surface area contributed by atoms with E-state index in [0.29, 0.717) is 24.4 Å². The SMILES string of the molecule is Cc1ccc(S(=O)(=O)Nc2cc(C(=O)NCCOc3cccc(C)c3)ccc2C)cc1. The summed E-state index contributed by atoms with van der Waals surface area (Å²) >= 11 is 0. The number of sulfonamides is 1. The highest BCUT2D eigenvalue weighted by Crippen LogP contribution is 2.21. The summed E-state index contributed by atoms with van der Waals surface area (Å²) in [6.07, 6.45) is 0. The zero-order chi connectivity index (χ0) is 22.4. The molecule has 0 saturated carbocycles. The van der Waals surface area contributed by atoms with Crippen molar-refractivity contribution < 1.29 is 17.9 Å². The van der Waals surface area contributed by atoms with Gasteiger partial charge in [0, 0.05) is 5.56 Å². The topological polar surface area (TPSA) is 84.5 Å². The van der Waals surface area contributed by atoms with Gasteiger partial charge in [-0.2, -0.15) is 0 Å². The predicted octanol–water partition coefficient (Wildman–Crippen LogP) is 4.22. The molecule has 0 aliphatic rings. The van der Waals surface area contributed by atoms with Crippen molar-refractivity contribution >= 4 is 21.6 Å². The third kappa shape index (κ3) is 6.08. The van der Waals surface area contributed by atoms with Crippen LogP contribution < -0.4 is 14.8 Å². The maximum atomic E-state index is 12.7. The molecule has 0 saturated heterocycles. The van der Waals surface area contributed by atoms with Crippen molar-refractivity contribution in [2.45, 2.75) is 25.7 Å². The molecule has 31 heavy (non-hydrogen) atoms. The van der Waals surface area contributed by atoms with E-state index in [1.807, 2.05) is 38.1 Å². The summed E-state index contributed by atoms with van der Waals surface area (Å²) in [5.74, 6) is 0.445. The third-order valence-electron chi connectivity index (χ3n) is 4.72. The monoisotopic (exact) mass is 438 g/mol. The second-order valence-corrected chi connectivity index (χ2v) is 9.05. The molecule has 0 aliphatic carbocycles. The van der Waals surface area contributed by atoms with Crippen LogP contribution in [0.15, 0.2) is 71.6 Å². The molecule has 0 unspecified atom stereocenters. The molecule has 1 amide bonds. The van der Waals surface area contributed by atoms with Gasteiger partial charge in [-0.1, -0.05) is 35.9 Å². The summed E-state index contributed by atoms with van der Waals surface area (Å²) in [7, 11) is -3.75. The molecule has 0 aliphatic heterocycles. The lowest BCUT2D eigenvalue weighted by Crippen LogP contribution is -2.28. The van der Waals surface area contributed by atoms with Gasteiger partial charge in [-0.05, 0) is 68.3 Å². The van der Waals surface area contributed by atoms with Crippen molar-refractivity contribution in [2.24, 2.45) is 0 Å². The van der Waals surface area contributed by atoms with Gasteiger partial charge in [-0.15, -0.1) is 0 Å². The van der Waals surface area contributed by atoms with Crippen LogP contribution in [-0.4, -0.2) is 27.5 Å². The average Bonchev–Trinajstić information content (AvgIpc) is 2.73. The molecule has 0 aromatic heterocycles. The van der Waals surface area contributed by atoms with E-state index in [0.717, 1.165) is 22.4 Å². The fourth-order valence-corrected chi connectivity index (χ4v) is 4.06. The second kappa shape index (κ2) is 9.66. The van der Waals surface area contributed by atoms with Gasteiger partial charge >= 0.3 is 0 Å². The van der Waals surface area contributed by atoms with E-state index in [9.17, 15) is 13.2 Å². The van der Waals surface area contributed by atoms with Crippen molar-refractivity contribution in [3.05, 3.63) is 89.0 Å². The average molecular weight is 439 g/mol. The fourth-order valence-electron chi connectivity index (χ4n) is 2.93. The molecule has 0 heterocycles. The molecule has 0 radical (unpaired) electrons. The summed E-state index contributed by atoms with van der Waals surface area (Å²) in [5, 5.41) is 2.79. The number of rotatable bonds is 8. The van der Waals surface area contributed by atoms with Crippen LogP contribution in [0, 0.1) is 20.8 Å². The molecule has 0 fully saturated rings. The van der Waals surface area contributed by atoms with E-state index >= 15 is 0 Å². The molecule has 7 heteroatoms. The Morgan fingerprint density at radius 3 is 2.35 bits per heavy atom. The van der Waals surface area contributed by atoms with Crippen LogP contribution in [-0.2, 0) is 10.0 Å². The lowest BCUT2D eigenvalue weighted by molar-refractivity contribution is 0.0947. The Morgan fingerprint density at radius 2 is 1.65 bits per heavy atom. The number of amides is 1. The van der Waals surface area contributed by atoms with Crippen LogP contribution in [0.2, 0.25) is 0 Å². The first kappa shape index (κ1) is 22.4. The van der Waals surface area contributed by atoms with Gasteiger partial charge in [0.1, 0.15) is 12.4 Å². The number of carbonyl (C=O) groups is 1. The number of benzene rings is 3. The van der Waals surface area contributed by atoms with E-state index in [1.54, 1.807) is 43.3 Å². The van der Waals surface area contributed by atoms with E-state index in [-0.39, 0.29) is 10.8 Å². The van der Waals surface area contributed by atoms with Gasteiger partial charge in [0.15, 0.2) is 0 Å². The first-order valence-corrected chi connectivity index (χ1v) is 11.4. The zero-order valence-electron chi connectivity index (χ0n) is 17.8. The van der Waals surface area contributed by atoms with E-state index in [2.05, 4.69) is 10.0 Å². The van der Waals surface area contributed by atoms with Gasteiger partial charge in [-0.25, -0.2) is 8.42 Å². The van der Waals surface area contributed by atoms with Gasteiger partial charge in [0.25, 0.3) is 15.9 Å². The van der Waals surface area contributed by atoms with Gasteiger partial charge < -0.3 is 10.1 Å². The van der Waals surface area contributed by atoms with Crippen molar-refractivity contribution in [1.29, 1.82) is 0 Å². The lowest BCUT2D eigenvalue weighted by atomic mass is 10.1.